The first kappa shape index (κ1) is 12.0. The van der Waals surface area contributed by atoms with Gasteiger partial charge in [-0.15, -0.1) is 0 Å². The third-order valence-corrected chi connectivity index (χ3v) is 1.96. The molecule has 84 valence electrons. The van der Waals surface area contributed by atoms with E-state index in [4.69, 9.17) is 5.26 Å². The highest BCUT2D eigenvalue weighted by molar-refractivity contribution is 5.92. The Labute approximate surface area is 90.5 Å². The first-order chi connectivity index (χ1) is 7.51. The van der Waals surface area contributed by atoms with Crippen molar-refractivity contribution < 1.29 is 18.3 Å². The summed E-state index contributed by atoms with van der Waals surface area (Å²) in [4.78, 5) is 14.7. The highest BCUT2D eigenvalue weighted by Crippen LogP contribution is 2.24. The molecule has 1 rings (SSSR count). The predicted molar refractivity (Wildman–Crippen MR) is 50.0 cm³/mol. The van der Waals surface area contributed by atoms with Crippen LogP contribution in [0.5, 0.6) is 0 Å². The number of ether oxygens (including phenoxy) is 1. The lowest BCUT2D eigenvalue weighted by Crippen LogP contribution is -2.11. The summed E-state index contributed by atoms with van der Waals surface area (Å²) in [6.07, 6.45) is -2.93. The molecule has 0 N–H and O–H groups in total. The maximum absolute atomic E-state index is 12.6. The van der Waals surface area contributed by atoms with E-state index in [1.54, 1.807) is 6.07 Å². The first-order valence-electron chi connectivity index (χ1n) is 4.29. The number of esters is 1. The molecule has 0 unspecified atom stereocenters. The molecule has 0 saturated heterocycles. The number of carbonyl (C=O) groups excluding carboxylic acids is 1. The van der Waals surface area contributed by atoms with Crippen LogP contribution < -0.4 is 0 Å². The second kappa shape index (κ2) is 4.66. The lowest BCUT2D eigenvalue weighted by atomic mass is 10.1. The van der Waals surface area contributed by atoms with Crippen LogP contribution in [0.15, 0.2) is 6.07 Å². The van der Waals surface area contributed by atoms with Gasteiger partial charge in [0.25, 0.3) is 6.43 Å². The molecule has 1 aromatic heterocycles. The van der Waals surface area contributed by atoms with Crippen LogP contribution in [0.25, 0.3) is 0 Å². The van der Waals surface area contributed by atoms with Gasteiger partial charge in [-0.25, -0.2) is 18.6 Å². The molecule has 16 heavy (non-hydrogen) atoms. The number of methoxy groups -OCH3 is 1. The SMILES string of the molecule is COC(=O)c1c(C)cc(C#N)nc1C(F)F. The lowest BCUT2D eigenvalue weighted by Gasteiger charge is -2.09. The Hall–Kier alpha value is -2.03. The Morgan fingerprint density at radius 2 is 2.25 bits per heavy atom. The summed E-state index contributed by atoms with van der Waals surface area (Å²) in [6.45, 7) is 1.45. The molecule has 0 amide bonds. The monoisotopic (exact) mass is 226 g/mol. The fraction of sp³-hybridized carbons (Fsp3) is 0.300. The molecule has 0 atom stereocenters. The van der Waals surface area contributed by atoms with Crippen LogP contribution in [0, 0.1) is 18.3 Å². The average Bonchev–Trinajstić information content (AvgIpc) is 2.26. The van der Waals surface area contributed by atoms with Crippen molar-refractivity contribution in [3.63, 3.8) is 0 Å². The van der Waals surface area contributed by atoms with E-state index in [0.29, 0.717) is 0 Å². The van der Waals surface area contributed by atoms with Gasteiger partial charge in [0.15, 0.2) is 0 Å². The van der Waals surface area contributed by atoms with E-state index in [2.05, 4.69) is 9.72 Å². The molecular weight excluding hydrogens is 218 g/mol. The van der Waals surface area contributed by atoms with Gasteiger partial charge in [-0.1, -0.05) is 0 Å². The summed E-state index contributed by atoms with van der Waals surface area (Å²) in [5, 5.41) is 8.58. The minimum atomic E-state index is -2.93. The van der Waals surface area contributed by atoms with Gasteiger partial charge in [0.2, 0.25) is 0 Å². The van der Waals surface area contributed by atoms with Gasteiger partial charge in [0, 0.05) is 0 Å². The molecule has 0 aromatic carbocycles. The molecular formula is C10H8F2N2O2. The van der Waals surface area contributed by atoms with Gasteiger partial charge in [-0.2, -0.15) is 5.26 Å². The Kier molecular flexibility index (Phi) is 3.51. The summed E-state index contributed by atoms with van der Waals surface area (Å²) in [5.41, 5.74) is -0.908. The van der Waals surface area contributed by atoms with Crippen LogP contribution in [0.4, 0.5) is 8.78 Å². The lowest BCUT2D eigenvalue weighted by molar-refractivity contribution is 0.0586. The molecule has 0 fully saturated rings. The molecule has 0 spiro atoms. The number of hydrogen-bond acceptors (Lipinski definition) is 4. The number of alkyl halides is 2. The van der Waals surface area contributed by atoms with Crippen molar-refractivity contribution in [3.05, 3.63) is 28.6 Å². The van der Waals surface area contributed by atoms with Crippen molar-refractivity contribution in [1.82, 2.24) is 4.98 Å². The molecule has 4 nitrogen and oxygen atoms in total. The van der Waals surface area contributed by atoms with Crippen molar-refractivity contribution in [1.29, 1.82) is 5.26 Å². The molecule has 1 heterocycles. The van der Waals surface area contributed by atoms with Crippen LogP contribution in [-0.2, 0) is 4.74 Å². The van der Waals surface area contributed by atoms with Gasteiger partial charge in [-0.05, 0) is 18.6 Å². The van der Waals surface area contributed by atoms with Crippen LogP contribution in [0.3, 0.4) is 0 Å². The maximum atomic E-state index is 12.6. The van der Waals surface area contributed by atoms with E-state index < -0.39 is 18.1 Å². The van der Waals surface area contributed by atoms with Crippen molar-refractivity contribution >= 4 is 5.97 Å². The fourth-order valence-corrected chi connectivity index (χ4v) is 1.28. The van der Waals surface area contributed by atoms with Crippen LogP contribution in [0.2, 0.25) is 0 Å². The second-order valence-electron chi connectivity index (χ2n) is 2.99. The molecule has 0 aliphatic carbocycles. The number of aromatic nitrogens is 1. The van der Waals surface area contributed by atoms with E-state index in [1.165, 1.54) is 13.0 Å². The number of carbonyl (C=O) groups is 1. The standard InChI is InChI=1S/C10H8F2N2O2/c1-5-3-6(4-13)14-8(9(11)12)7(5)10(15)16-2/h3,9H,1-2H3. The maximum Gasteiger partial charge on any atom is 0.340 e. The van der Waals surface area contributed by atoms with Crippen molar-refractivity contribution in [2.75, 3.05) is 7.11 Å². The normalized spacial score (nSPS) is 10.0. The summed E-state index contributed by atoms with van der Waals surface area (Å²) in [5.74, 6) is -0.884. The summed E-state index contributed by atoms with van der Waals surface area (Å²) in [6, 6.07) is 2.91. The van der Waals surface area contributed by atoms with E-state index in [-0.39, 0.29) is 16.8 Å². The zero-order valence-electron chi connectivity index (χ0n) is 8.62. The van der Waals surface area contributed by atoms with E-state index in [0.717, 1.165) is 7.11 Å². The van der Waals surface area contributed by atoms with E-state index in [1.807, 2.05) is 0 Å². The topological polar surface area (TPSA) is 63.0 Å². The van der Waals surface area contributed by atoms with Crippen LogP contribution >= 0.6 is 0 Å². The van der Waals surface area contributed by atoms with Crippen molar-refractivity contribution in [3.8, 4) is 6.07 Å². The number of pyridine rings is 1. The van der Waals surface area contributed by atoms with E-state index in [9.17, 15) is 13.6 Å². The van der Waals surface area contributed by atoms with Gasteiger partial charge < -0.3 is 4.74 Å². The highest BCUT2D eigenvalue weighted by atomic mass is 19.3. The van der Waals surface area contributed by atoms with Crippen molar-refractivity contribution in [2.45, 2.75) is 13.3 Å². The molecule has 6 heteroatoms. The quantitative estimate of drug-likeness (QED) is 0.723. The summed E-state index contributed by atoms with van der Waals surface area (Å²) < 4.78 is 29.7. The molecule has 1 aromatic rings. The van der Waals surface area contributed by atoms with E-state index >= 15 is 0 Å². The molecule has 0 aliphatic heterocycles. The van der Waals surface area contributed by atoms with Crippen LogP contribution in [0.1, 0.15) is 33.7 Å². The smallest absolute Gasteiger partial charge is 0.340 e. The van der Waals surface area contributed by atoms with Gasteiger partial charge in [0.05, 0.1) is 12.7 Å². The minimum Gasteiger partial charge on any atom is -0.465 e. The number of nitrogens with zero attached hydrogens (tertiary/aromatic N) is 2. The Morgan fingerprint density at radius 3 is 2.69 bits per heavy atom. The van der Waals surface area contributed by atoms with Gasteiger partial charge in [0.1, 0.15) is 17.5 Å². The second-order valence-corrected chi connectivity index (χ2v) is 2.99. The number of nitriles is 1. The third-order valence-electron chi connectivity index (χ3n) is 1.96. The highest BCUT2D eigenvalue weighted by Gasteiger charge is 2.23. The Bertz CT molecular complexity index is 467. The molecule has 0 aliphatic rings. The summed E-state index contributed by atoms with van der Waals surface area (Å²) in [7, 11) is 1.09. The summed E-state index contributed by atoms with van der Waals surface area (Å²) >= 11 is 0. The minimum absolute atomic E-state index is 0.152. The van der Waals surface area contributed by atoms with Crippen molar-refractivity contribution in [2.24, 2.45) is 0 Å². The average molecular weight is 226 g/mol. The number of halogens is 2. The largest absolute Gasteiger partial charge is 0.465 e. The number of aryl methyl sites for hydroxylation is 1. The molecule has 0 bridgehead atoms. The number of rotatable bonds is 2. The van der Waals surface area contributed by atoms with Gasteiger partial charge >= 0.3 is 5.97 Å². The first-order valence-corrected chi connectivity index (χ1v) is 4.29. The Morgan fingerprint density at radius 1 is 1.62 bits per heavy atom. The van der Waals surface area contributed by atoms with Gasteiger partial charge in [-0.3, -0.25) is 0 Å². The Balaban J connectivity index is 3.47. The van der Waals surface area contributed by atoms with Crippen LogP contribution in [-0.4, -0.2) is 18.1 Å². The zero-order valence-corrected chi connectivity index (χ0v) is 8.62. The predicted octanol–water partition coefficient (Wildman–Crippen LogP) is 1.99. The zero-order chi connectivity index (χ0) is 12.3. The molecule has 0 saturated carbocycles. The third kappa shape index (κ3) is 2.14. The molecule has 0 radical (unpaired) electrons. The number of hydrogen-bond donors (Lipinski definition) is 0. The fourth-order valence-electron chi connectivity index (χ4n) is 1.28.